The Balaban J connectivity index is 1.55. The summed E-state index contributed by atoms with van der Waals surface area (Å²) in [7, 11) is 0. The molecule has 3 rings (SSSR count). The van der Waals surface area contributed by atoms with Crippen LogP contribution in [0.1, 0.15) is 64.4 Å². The molecule has 0 radical (unpaired) electrons. The number of nitrogens with zero attached hydrogens (tertiary/aromatic N) is 2. The first-order valence-corrected chi connectivity index (χ1v) is 12.3. The molecule has 2 atom stereocenters. The smallest absolute Gasteiger partial charge is 0.408 e. The molecule has 2 aliphatic rings. The van der Waals surface area contributed by atoms with Crippen LogP contribution in [0.15, 0.2) is 30.3 Å². The van der Waals surface area contributed by atoms with Crippen LogP contribution in [0.3, 0.4) is 0 Å². The summed E-state index contributed by atoms with van der Waals surface area (Å²) in [5.74, 6) is 0.459. The van der Waals surface area contributed by atoms with E-state index >= 15 is 0 Å². The second-order valence-electron chi connectivity index (χ2n) is 10.0. The van der Waals surface area contributed by atoms with Crippen molar-refractivity contribution in [2.75, 3.05) is 19.6 Å². The molecule has 1 unspecified atom stereocenters. The van der Waals surface area contributed by atoms with Gasteiger partial charge in [0.2, 0.25) is 0 Å². The van der Waals surface area contributed by atoms with Crippen molar-refractivity contribution in [1.82, 2.24) is 15.5 Å². The van der Waals surface area contributed by atoms with Gasteiger partial charge in [-0.15, -0.1) is 0 Å². The fraction of sp³-hybridized carbons (Fsp3) is 0.654. The Labute approximate surface area is 197 Å². The van der Waals surface area contributed by atoms with E-state index in [4.69, 9.17) is 4.74 Å². The molecule has 1 saturated carbocycles. The monoisotopic (exact) mass is 454 g/mol. The van der Waals surface area contributed by atoms with Gasteiger partial charge in [0.25, 0.3) is 5.91 Å². The molecule has 1 saturated heterocycles. The maximum absolute atomic E-state index is 13.1. The molecule has 0 spiro atoms. The Morgan fingerprint density at radius 1 is 1.21 bits per heavy atom. The number of hydrogen-bond donors (Lipinski definition) is 2. The third kappa shape index (κ3) is 7.75. The van der Waals surface area contributed by atoms with E-state index in [0.29, 0.717) is 31.8 Å². The average molecular weight is 455 g/mol. The van der Waals surface area contributed by atoms with E-state index in [2.05, 4.69) is 21.6 Å². The Kier molecular flexibility index (Phi) is 9.13. The van der Waals surface area contributed by atoms with Gasteiger partial charge in [0.05, 0.1) is 6.07 Å². The first-order valence-electron chi connectivity index (χ1n) is 12.3. The lowest BCUT2D eigenvalue weighted by molar-refractivity contribution is -0.131. The van der Waals surface area contributed by atoms with E-state index in [0.717, 1.165) is 18.7 Å². The Bertz CT molecular complexity index is 817. The van der Waals surface area contributed by atoms with Gasteiger partial charge >= 0.3 is 6.09 Å². The molecule has 180 valence electrons. The molecule has 1 aliphatic carbocycles. The molecule has 1 aliphatic heterocycles. The first kappa shape index (κ1) is 25.0. The molecule has 1 heterocycles. The lowest BCUT2D eigenvalue weighted by Crippen LogP contribution is -2.54. The summed E-state index contributed by atoms with van der Waals surface area (Å²) in [6.45, 7) is 6.61. The third-order valence-electron chi connectivity index (χ3n) is 6.67. The van der Waals surface area contributed by atoms with E-state index < -0.39 is 17.7 Å². The molecule has 2 N–H and O–H groups in total. The summed E-state index contributed by atoms with van der Waals surface area (Å²) in [6.07, 6.45) is 5.85. The highest BCUT2D eigenvalue weighted by Crippen LogP contribution is 2.28. The van der Waals surface area contributed by atoms with Crippen LogP contribution in [-0.2, 0) is 16.1 Å². The van der Waals surface area contributed by atoms with Crippen molar-refractivity contribution >= 4 is 12.0 Å². The molecule has 1 aromatic rings. The van der Waals surface area contributed by atoms with Gasteiger partial charge in [-0.3, -0.25) is 9.69 Å². The second-order valence-corrected chi connectivity index (χ2v) is 10.0. The van der Waals surface area contributed by atoms with E-state index in [1.54, 1.807) is 0 Å². The van der Waals surface area contributed by atoms with Gasteiger partial charge in [-0.2, -0.15) is 5.26 Å². The molecule has 1 aromatic carbocycles. The van der Waals surface area contributed by atoms with Crippen molar-refractivity contribution < 1.29 is 14.3 Å². The summed E-state index contributed by atoms with van der Waals surface area (Å²) in [5, 5.41) is 15.6. The van der Waals surface area contributed by atoms with Crippen LogP contribution >= 0.6 is 0 Å². The summed E-state index contributed by atoms with van der Waals surface area (Å²) in [5.41, 5.74) is 0.0250. The number of rotatable bonds is 9. The highest BCUT2D eigenvalue weighted by molar-refractivity contribution is 5.84. The second kappa shape index (κ2) is 12.0. The summed E-state index contributed by atoms with van der Waals surface area (Å²) in [4.78, 5) is 27.8. The van der Waals surface area contributed by atoms with Crippen molar-refractivity contribution in [3.8, 4) is 6.07 Å². The fourth-order valence-electron chi connectivity index (χ4n) is 4.89. The predicted octanol–water partition coefficient (Wildman–Crippen LogP) is 3.99. The van der Waals surface area contributed by atoms with Crippen molar-refractivity contribution in [3.05, 3.63) is 35.9 Å². The van der Waals surface area contributed by atoms with Gasteiger partial charge in [-0.1, -0.05) is 63.4 Å². The number of ether oxygens (including phenoxy) is 1. The normalized spacial score (nSPS) is 22.5. The van der Waals surface area contributed by atoms with Gasteiger partial charge in [-0.25, -0.2) is 4.79 Å². The predicted molar refractivity (Wildman–Crippen MR) is 127 cm³/mol. The van der Waals surface area contributed by atoms with Gasteiger partial charge < -0.3 is 15.4 Å². The average Bonchev–Trinajstić information content (AvgIpc) is 3.21. The maximum atomic E-state index is 13.1. The van der Waals surface area contributed by atoms with Crippen LogP contribution in [0.25, 0.3) is 0 Å². The largest absolute Gasteiger partial charge is 0.436 e. The molecule has 2 fully saturated rings. The van der Waals surface area contributed by atoms with Crippen LogP contribution in [0.2, 0.25) is 0 Å². The number of likely N-dealkylation sites (tertiary alicyclic amines) is 1. The zero-order chi connectivity index (χ0) is 23.7. The number of amides is 2. The SMILES string of the molecule is CC(C)C[C@H](OC(=O)NCc1ccccc1)C(=O)NC1(C#N)CCN(CC2CCCCC2)C1. The highest BCUT2D eigenvalue weighted by Gasteiger charge is 2.42. The molecular formula is C26H38N4O3. The highest BCUT2D eigenvalue weighted by atomic mass is 16.6. The minimum absolute atomic E-state index is 0.159. The van der Waals surface area contributed by atoms with Crippen LogP contribution in [0, 0.1) is 23.2 Å². The van der Waals surface area contributed by atoms with Gasteiger partial charge in [0, 0.05) is 26.2 Å². The van der Waals surface area contributed by atoms with E-state index in [-0.39, 0.29) is 11.8 Å². The van der Waals surface area contributed by atoms with Crippen molar-refractivity contribution in [1.29, 1.82) is 5.26 Å². The van der Waals surface area contributed by atoms with Crippen molar-refractivity contribution in [2.24, 2.45) is 11.8 Å². The number of alkyl carbamates (subject to hydrolysis) is 1. The molecule has 7 nitrogen and oxygen atoms in total. The van der Waals surface area contributed by atoms with E-state index in [9.17, 15) is 14.9 Å². The number of carbonyl (C=O) groups is 2. The minimum atomic E-state index is -0.932. The Morgan fingerprint density at radius 3 is 2.61 bits per heavy atom. The Morgan fingerprint density at radius 2 is 1.94 bits per heavy atom. The summed E-state index contributed by atoms with van der Waals surface area (Å²) in [6, 6.07) is 11.9. The lowest BCUT2D eigenvalue weighted by atomic mass is 9.89. The molecule has 2 amide bonds. The number of benzene rings is 1. The van der Waals surface area contributed by atoms with E-state index in [1.807, 2.05) is 44.2 Å². The maximum Gasteiger partial charge on any atom is 0.408 e. The molecular weight excluding hydrogens is 416 g/mol. The van der Waals surface area contributed by atoms with Crippen LogP contribution in [-0.4, -0.2) is 48.2 Å². The number of nitrogens with one attached hydrogen (secondary N) is 2. The first-order chi connectivity index (χ1) is 15.9. The van der Waals surface area contributed by atoms with Gasteiger partial charge in [-0.05, 0) is 43.1 Å². The Hall–Kier alpha value is -2.59. The molecule has 7 heteroatoms. The fourth-order valence-corrected chi connectivity index (χ4v) is 4.89. The van der Waals surface area contributed by atoms with Crippen molar-refractivity contribution in [2.45, 2.75) is 77.0 Å². The van der Waals surface area contributed by atoms with Gasteiger partial charge in [0.1, 0.15) is 5.54 Å². The number of hydrogen-bond acceptors (Lipinski definition) is 5. The van der Waals surface area contributed by atoms with E-state index in [1.165, 1.54) is 32.1 Å². The minimum Gasteiger partial charge on any atom is -0.436 e. The zero-order valence-corrected chi connectivity index (χ0v) is 20.0. The quantitative estimate of drug-likeness (QED) is 0.588. The topological polar surface area (TPSA) is 94.5 Å². The lowest BCUT2D eigenvalue weighted by Gasteiger charge is -2.29. The van der Waals surface area contributed by atoms with Crippen LogP contribution < -0.4 is 10.6 Å². The van der Waals surface area contributed by atoms with Crippen molar-refractivity contribution in [3.63, 3.8) is 0 Å². The number of carbonyl (C=O) groups excluding carboxylic acids is 2. The standard InChI is InChI=1S/C26H38N4O3/c1-20(2)15-23(33-25(32)28-16-21-9-5-3-6-10-21)24(31)29-26(18-27)13-14-30(19-26)17-22-11-7-4-8-12-22/h3,5-6,9-10,20,22-23H,4,7-8,11-17,19H2,1-2H3,(H,28,32)(H,29,31)/t23-,26?/m0/s1. The summed E-state index contributed by atoms with van der Waals surface area (Å²) >= 11 is 0. The zero-order valence-electron chi connectivity index (χ0n) is 20.0. The van der Waals surface area contributed by atoms with Gasteiger partial charge in [0.15, 0.2) is 6.10 Å². The molecule has 33 heavy (non-hydrogen) atoms. The molecule has 0 bridgehead atoms. The van der Waals surface area contributed by atoms with Crippen LogP contribution in [0.4, 0.5) is 4.79 Å². The summed E-state index contributed by atoms with van der Waals surface area (Å²) < 4.78 is 5.51. The van der Waals surface area contributed by atoms with Crippen LogP contribution in [0.5, 0.6) is 0 Å². The molecule has 0 aromatic heterocycles. The third-order valence-corrected chi connectivity index (χ3v) is 6.67. The number of nitriles is 1.